The van der Waals surface area contributed by atoms with Crippen LogP contribution in [0, 0.1) is 0 Å². The highest BCUT2D eigenvalue weighted by molar-refractivity contribution is 9.11. The van der Waals surface area contributed by atoms with Crippen molar-refractivity contribution in [2.75, 3.05) is 5.88 Å². The molecule has 1 aromatic carbocycles. The van der Waals surface area contributed by atoms with Crippen LogP contribution in [0.2, 0.25) is 0 Å². The summed E-state index contributed by atoms with van der Waals surface area (Å²) in [5, 5.41) is 0. The number of aliphatic imine (C=N–C) groups is 1. The van der Waals surface area contributed by atoms with Gasteiger partial charge >= 0.3 is 0 Å². The van der Waals surface area contributed by atoms with Gasteiger partial charge in [0.1, 0.15) is 11.4 Å². The van der Waals surface area contributed by atoms with Gasteiger partial charge in [-0.3, -0.25) is 0 Å². The van der Waals surface area contributed by atoms with E-state index in [-0.39, 0.29) is 5.88 Å². The van der Waals surface area contributed by atoms with E-state index in [1.165, 1.54) is 0 Å². The van der Waals surface area contributed by atoms with Crippen molar-refractivity contribution < 1.29 is 0 Å². The number of hydrogen-bond acceptors (Lipinski definition) is 2. The molecule has 84 valence electrons. The first-order valence-corrected chi connectivity index (χ1v) is 6.45. The third-order valence-electron chi connectivity index (χ3n) is 1.97. The molecule has 16 heavy (non-hydrogen) atoms. The first kappa shape index (κ1) is 11.9. The lowest BCUT2D eigenvalue weighted by Gasteiger charge is -2.04. The van der Waals surface area contributed by atoms with Gasteiger partial charge in [0.2, 0.25) is 0 Å². The number of imidazole rings is 1. The molecule has 0 radical (unpaired) electrons. The minimum absolute atomic E-state index is 0.192. The molecule has 2 aromatic rings. The number of fused-ring (bicyclic) bond motifs is 1. The van der Waals surface area contributed by atoms with Crippen LogP contribution in [0.4, 0.5) is 5.69 Å². The highest BCUT2D eigenvalue weighted by Gasteiger charge is 2.11. The van der Waals surface area contributed by atoms with Crippen molar-refractivity contribution in [3.8, 4) is 0 Å². The lowest BCUT2D eigenvalue weighted by atomic mass is 10.3. The Morgan fingerprint density at radius 1 is 1.56 bits per heavy atom. The number of hydrogen-bond donors (Lipinski definition) is 2. The first-order chi connectivity index (χ1) is 7.63. The Labute approximate surface area is 114 Å². The summed E-state index contributed by atoms with van der Waals surface area (Å²) in [5.41, 5.74) is 8.03. The molecular weight excluding hydrogens is 359 g/mol. The van der Waals surface area contributed by atoms with Gasteiger partial charge in [-0.1, -0.05) is 0 Å². The third kappa shape index (κ3) is 2.09. The summed E-state index contributed by atoms with van der Waals surface area (Å²) >= 11 is 12.5. The fourth-order valence-corrected chi connectivity index (χ4v) is 2.74. The van der Waals surface area contributed by atoms with Gasteiger partial charge in [-0.25, -0.2) is 9.98 Å². The van der Waals surface area contributed by atoms with E-state index in [0.29, 0.717) is 11.5 Å². The zero-order valence-electron chi connectivity index (χ0n) is 7.97. The Hall–Kier alpha value is -0.590. The molecule has 1 heterocycles. The van der Waals surface area contributed by atoms with E-state index in [0.717, 1.165) is 20.0 Å². The number of aromatic nitrogens is 2. The maximum Gasteiger partial charge on any atom is 0.115 e. The molecule has 0 amide bonds. The molecule has 0 saturated carbocycles. The number of nitrogens with two attached hydrogens (primary N) is 1. The van der Waals surface area contributed by atoms with Gasteiger partial charge in [-0.2, -0.15) is 0 Å². The molecule has 0 aliphatic heterocycles. The van der Waals surface area contributed by atoms with Crippen molar-refractivity contribution in [1.82, 2.24) is 9.97 Å². The molecule has 0 atom stereocenters. The summed E-state index contributed by atoms with van der Waals surface area (Å²) in [6.07, 6.45) is 1.63. The Balaban J connectivity index is 2.68. The van der Waals surface area contributed by atoms with E-state index >= 15 is 0 Å². The molecule has 2 rings (SSSR count). The number of amidine groups is 1. The molecule has 0 unspecified atom stereocenters. The molecule has 0 aliphatic rings. The number of halogens is 3. The van der Waals surface area contributed by atoms with Crippen LogP contribution in [0.1, 0.15) is 0 Å². The highest BCUT2D eigenvalue weighted by Crippen LogP contribution is 2.38. The zero-order valence-corrected chi connectivity index (χ0v) is 11.9. The topological polar surface area (TPSA) is 67.1 Å². The second-order valence-electron chi connectivity index (χ2n) is 3.06. The molecule has 1 aromatic heterocycles. The van der Waals surface area contributed by atoms with Crippen molar-refractivity contribution in [1.29, 1.82) is 0 Å². The van der Waals surface area contributed by atoms with E-state index in [1.54, 1.807) is 6.33 Å². The van der Waals surface area contributed by atoms with E-state index in [2.05, 4.69) is 46.8 Å². The number of nitrogens with zero attached hydrogens (tertiary/aromatic N) is 2. The Kier molecular flexibility index (Phi) is 3.51. The van der Waals surface area contributed by atoms with Crippen LogP contribution >= 0.6 is 43.5 Å². The molecule has 0 spiro atoms. The van der Waals surface area contributed by atoms with Crippen LogP contribution in [-0.4, -0.2) is 21.7 Å². The quantitative estimate of drug-likeness (QED) is 0.486. The summed E-state index contributed by atoms with van der Waals surface area (Å²) in [7, 11) is 0. The normalized spacial score (nSPS) is 12.3. The van der Waals surface area contributed by atoms with Gasteiger partial charge in [0.15, 0.2) is 0 Å². The molecule has 4 nitrogen and oxygen atoms in total. The number of nitrogens with one attached hydrogen (secondary N) is 1. The van der Waals surface area contributed by atoms with Gasteiger partial charge in [0.25, 0.3) is 0 Å². The summed E-state index contributed by atoms with van der Waals surface area (Å²) < 4.78 is 1.61. The monoisotopic (exact) mass is 364 g/mol. The third-order valence-corrected chi connectivity index (χ3v) is 3.60. The predicted molar refractivity (Wildman–Crippen MR) is 73.5 cm³/mol. The zero-order chi connectivity index (χ0) is 11.7. The van der Waals surface area contributed by atoms with Crippen LogP contribution < -0.4 is 5.73 Å². The molecule has 0 bridgehead atoms. The SMILES string of the molecule is NC(CCl)=Nc1c(Br)cc2[nH]cnc2c1Br. The van der Waals surface area contributed by atoms with Gasteiger partial charge in [-0.05, 0) is 37.9 Å². The largest absolute Gasteiger partial charge is 0.386 e. The van der Waals surface area contributed by atoms with Crippen LogP contribution in [0.15, 0.2) is 26.3 Å². The molecule has 0 saturated heterocycles. The van der Waals surface area contributed by atoms with Crippen LogP contribution in [0.5, 0.6) is 0 Å². The summed E-state index contributed by atoms with van der Waals surface area (Å²) in [5.74, 6) is 0.551. The number of alkyl halides is 1. The fraction of sp³-hybridized carbons (Fsp3) is 0.111. The molecule has 0 fully saturated rings. The first-order valence-electron chi connectivity index (χ1n) is 4.33. The number of H-pyrrole nitrogens is 1. The average Bonchev–Trinajstić information content (AvgIpc) is 2.71. The second-order valence-corrected chi connectivity index (χ2v) is 4.97. The van der Waals surface area contributed by atoms with Crippen molar-refractivity contribution >= 4 is 66.0 Å². The summed E-state index contributed by atoms with van der Waals surface area (Å²) in [4.78, 5) is 11.4. The van der Waals surface area contributed by atoms with Gasteiger partial charge in [-0.15, -0.1) is 11.6 Å². The van der Waals surface area contributed by atoms with E-state index in [4.69, 9.17) is 17.3 Å². The minimum atomic E-state index is 0.192. The van der Waals surface area contributed by atoms with Gasteiger partial charge in [0, 0.05) is 4.47 Å². The van der Waals surface area contributed by atoms with Gasteiger partial charge in [0.05, 0.1) is 27.9 Å². The molecule has 7 heteroatoms. The van der Waals surface area contributed by atoms with E-state index in [1.807, 2.05) is 6.07 Å². The smallest absolute Gasteiger partial charge is 0.115 e. The molecular formula is C9H7Br2ClN4. The van der Waals surface area contributed by atoms with Crippen LogP contribution in [-0.2, 0) is 0 Å². The highest BCUT2D eigenvalue weighted by atomic mass is 79.9. The number of rotatable bonds is 2. The van der Waals surface area contributed by atoms with Crippen LogP contribution in [0.25, 0.3) is 11.0 Å². The predicted octanol–water partition coefficient (Wildman–Crippen LogP) is 3.32. The van der Waals surface area contributed by atoms with E-state index < -0.39 is 0 Å². The average molecular weight is 366 g/mol. The van der Waals surface area contributed by atoms with E-state index in [9.17, 15) is 0 Å². The van der Waals surface area contributed by atoms with Crippen molar-refractivity contribution in [3.63, 3.8) is 0 Å². The number of benzene rings is 1. The standard InChI is InChI=1S/C9H7Br2ClN4/c10-4-1-5-9(15-3-14-5)7(11)8(4)16-6(13)2-12/h1,3H,2H2,(H2,13,16)(H,14,15). The second kappa shape index (κ2) is 4.73. The van der Waals surface area contributed by atoms with Crippen LogP contribution in [0.3, 0.4) is 0 Å². The Morgan fingerprint density at radius 3 is 3.00 bits per heavy atom. The van der Waals surface area contributed by atoms with Crippen molar-refractivity contribution in [2.24, 2.45) is 10.7 Å². The van der Waals surface area contributed by atoms with Crippen molar-refractivity contribution in [2.45, 2.75) is 0 Å². The summed E-state index contributed by atoms with van der Waals surface area (Å²) in [6, 6.07) is 1.90. The lowest BCUT2D eigenvalue weighted by molar-refractivity contribution is 1.34. The maximum absolute atomic E-state index is 5.61. The van der Waals surface area contributed by atoms with Crippen molar-refractivity contribution in [3.05, 3.63) is 21.3 Å². The number of aromatic amines is 1. The Morgan fingerprint density at radius 2 is 2.31 bits per heavy atom. The Bertz CT molecular complexity index is 564. The fourth-order valence-electron chi connectivity index (χ4n) is 1.28. The minimum Gasteiger partial charge on any atom is -0.386 e. The summed E-state index contributed by atoms with van der Waals surface area (Å²) in [6.45, 7) is 0. The lowest BCUT2D eigenvalue weighted by Crippen LogP contribution is -2.12. The van der Waals surface area contributed by atoms with Gasteiger partial charge < -0.3 is 10.7 Å². The molecule has 0 aliphatic carbocycles. The maximum atomic E-state index is 5.61. The molecule has 3 N–H and O–H groups in total.